The average Bonchev–Trinajstić information content (AvgIpc) is 2.42. The van der Waals surface area contributed by atoms with Crippen LogP contribution in [0.5, 0.6) is 0 Å². The highest BCUT2D eigenvalue weighted by Gasteiger charge is 2.20. The maximum absolute atomic E-state index is 11.7. The van der Waals surface area contributed by atoms with Gasteiger partial charge in [0.05, 0.1) is 12.0 Å². The zero-order valence-corrected chi connectivity index (χ0v) is 13.8. The van der Waals surface area contributed by atoms with Crippen molar-refractivity contribution >= 4 is 27.6 Å². The summed E-state index contributed by atoms with van der Waals surface area (Å²) < 4.78 is 5.42. The van der Waals surface area contributed by atoms with Crippen LogP contribution in [0.25, 0.3) is 0 Å². The van der Waals surface area contributed by atoms with Crippen LogP contribution in [0, 0.1) is 16.0 Å². The number of nitrogens with one attached hydrogen (secondary N) is 1. The summed E-state index contributed by atoms with van der Waals surface area (Å²) in [6.45, 7) is 4.48. The van der Waals surface area contributed by atoms with Crippen molar-refractivity contribution in [3.8, 4) is 0 Å². The minimum absolute atomic E-state index is 0.0253. The molecule has 0 saturated heterocycles. The van der Waals surface area contributed by atoms with Crippen molar-refractivity contribution in [1.29, 1.82) is 0 Å². The molecule has 1 aromatic carbocycles. The molecule has 0 saturated carbocycles. The van der Waals surface area contributed by atoms with Gasteiger partial charge in [-0.1, -0.05) is 29.8 Å². The first-order valence-electron chi connectivity index (χ1n) is 6.59. The second-order valence-electron chi connectivity index (χ2n) is 5.12. The van der Waals surface area contributed by atoms with Crippen LogP contribution in [0.3, 0.4) is 0 Å². The van der Waals surface area contributed by atoms with E-state index in [2.05, 4.69) is 21.2 Å². The zero-order chi connectivity index (χ0) is 16.0. The van der Waals surface area contributed by atoms with Gasteiger partial charge in [0.1, 0.15) is 6.04 Å². The van der Waals surface area contributed by atoms with E-state index >= 15 is 0 Å². The van der Waals surface area contributed by atoms with E-state index in [4.69, 9.17) is 4.74 Å². The van der Waals surface area contributed by atoms with E-state index in [9.17, 15) is 14.9 Å². The van der Waals surface area contributed by atoms with Crippen molar-refractivity contribution in [1.82, 2.24) is 5.32 Å². The quantitative estimate of drug-likeness (QED) is 0.460. The standard InChI is InChI=1S/C14H19BrN2O4/c1-9(2)6-13(14(18)21-3)16-8-10-4-5-11(17(19)20)7-12(10)15/h4-5,7,9,13,16H,6,8H2,1-3H3. The lowest BCUT2D eigenvalue weighted by molar-refractivity contribution is -0.384. The highest BCUT2D eigenvalue weighted by molar-refractivity contribution is 9.10. The number of esters is 1. The third-order valence-corrected chi connectivity index (χ3v) is 3.72. The molecule has 0 amide bonds. The van der Waals surface area contributed by atoms with Gasteiger partial charge in [-0.2, -0.15) is 0 Å². The molecule has 1 rings (SSSR count). The maximum atomic E-state index is 11.7. The molecule has 0 aliphatic rings. The normalized spacial score (nSPS) is 12.2. The van der Waals surface area contributed by atoms with Crippen LogP contribution in [0.1, 0.15) is 25.8 Å². The molecule has 0 fully saturated rings. The molecule has 0 heterocycles. The number of methoxy groups -OCH3 is 1. The van der Waals surface area contributed by atoms with Gasteiger partial charge < -0.3 is 10.1 Å². The van der Waals surface area contributed by atoms with Crippen LogP contribution in [-0.4, -0.2) is 24.0 Å². The summed E-state index contributed by atoms with van der Waals surface area (Å²) in [6, 6.07) is 4.17. The Morgan fingerprint density at radius 2 is 2.14 bits per heavy atom. The smallest absolute Gasteiger partial charge is 0.322 e. The molecule has 0 radical (unpaired) electrons. The lowest BCUT2D eigenvalue weighted by atomic mass is 10.0. The summed E-state index contributed by atoms with van der Waals surface area (Å²) in [5.74, 6) is 0.0450. The van der Waals surface area contributed by atoms with Gasteiger partial charge in [0.15, 0.2) is 0 Å². The Hall–Kier alpha value is -1.47. The molecule has 1 atom stereocenters. The highest BCUT2D eigenvalue weighted by Crippen LogP contribution is 2.23. The Morgan fingerprint density at radius 1 is 1.48 bits per heavy atom. The van der Waals surface area contributed by atoms with E-state index in [1.54, 1.807) is 6.07 Å². The van der Waals surface area contributed by atoms with Gasteiger partial charge in [0.25, 0.3) is 5.69 Å². The Labute approximate surface area is 132 Å². The van der Waals surface area contributed by atoms with Crippen LogP contribution < -0.4 is 5.32 Å². The van der Waals surface area contributed by atoms with Crippen molar-refractivity contribution in [2.75, 3.05) is 7.11 Å². The number of benzene rings is 1. The summed E-state index contributed by atoms with van der Waals surface area (Å²) in [5, 5.41) is 13.8. The number of hydrogen-bond acceptors (Lipinski definition) is 5. The summed E-state index contributed by atoms with van der Waals surface area (Å²) in [6.07, 6.45) is 0.664. The molecule has 0 bridgehead atoms. The Kier molecular flexibility index (Phi) is 6.77. The minimum Gasteiger partial charge on any atom is -0.468 e. The molecule has 7 heteroatoms. The van der Waals surface area contributed by atoms with Crippen LogP contribution in [0.4, 0.5) is 5.69 Å². The van der Waals surface area contributed by atoms with Crippen LogP contribution in [0.2, 0.25) is 0 Å². The van der Waals surface area contributed by atoms with Gasteiger partial charge in [-0.15, -0.1) is 0 Å². The summed E-state index contributed by atoms with van der Waals surface area (Å²) in [5.41, 5.74) is 0.871. The van der Waals surface area contributed by atoms with Crippen molar-refractivity contribution < 1.29 is 14.5 Å². The first kappa shape index (κ1) is 17.6. The first-order chi connectivity index (χ1) is 9.85. The average molecular weight is 359 g/mol. The number of nitro groups is 1. The van der Waals surface area contributed by atoms with Crippen molar-refractivity contribution in [2.45, 2.75) is 32.9 Å². The lowest BCUT2D eigenvalue weighted by Crippen LogP contribution is -2.38. The van der Waals surface area contributed by atoms with E-state index in [1.807, 2.05) is 13.8 Å². The number of carbonyl (C=O) groups excluding carboxylic acids is 1. The minimum atomic E-state index is -0.446. The Morgan fingerprint density at radius 3 is 2.62 bits per heavy atom. The molecule has 6 nitrogen and oxygen atoms in total. The van der Waals surface area contributed by atoms with Crippen molar-refractivity contribution in [3.63, 3.8) is 0 Å². The number of ether oxygens (including phenoxy) is 1. The van der Waals surface area contributed by atoms with Crippen molar-refractivity contribution in [3.05, 3.63) is 38.3 Å². The second-order valence-corrected chi connectivity index (χ2v) is 5.97. The molecule has 1 N–H and O–H groups in total. The zero-order valence-electron chi connectivity index (χ0n) is 12.3. The number of hydrogen-bond donors (Lipinski definition) is 1. The topological polar surface area (TPSA) is 81.5 Å². The molecule has 1 aromatic rings. The van der Waals surface area contributed by atoms with Gasteiger partial charge in [-0.25, -0.2) is 0 Å². The predicted octanol–water partition coefficient (Wildman–Crippen LogP) is 3.03. The molecular formula is C14H19BrN2O4. The third kappa shape index (κ3) is 5.43. The monoisotopic (exact) mass is 358 g/mol. The number of nitrogens with zero attached hydrogens (tertiary/aromatic N) is 1. The van der Waals surface area contributed by atoms with E-state index in [-0.39, 0.29) is 11.7 Å². The number of halogens is 1. The SMILES string of the molecule is COC(=O)C(CC(C)C)NCc1ccc([N+](=O)[O-])cc1Br. The summed E-state index contributed by atoms with van der Waals surface area (Å²) in [7, 11) is 1.36. The fourth-order valence-electron chi connectivity index (χ4n) is 1.90. The molecule has 21 heavy (non-hydrogen) atoms. The molecule has 116 valence electrons. The Balaban J connectivity index is 2.75. The first-order valence-corrected chi connectivity index (χ1v) is 7.38. The van der Waals surface area contributed by atoms with Crippen LogP contribution >= 0.6 is 15.9 Å². The van der Waals surface area contributed by atoms with Gasteiger partial charge in [-0.05, 0) is 24.0 Å². The molecule has 1 unspecified atom stereocenters. The Bertz CT molecular complexity index is 520. The summed E-state index contributed by atoms with van der Waals surface area (Å²) in [4.78, 5) is 22.0. The van der Waals surface area contributed by atoms with Gasteiger partial charge in [0, 0.05) is 23.2 Å². The highest BCUT2D eigenvalue weighted by atomic mass is 79.9. The van der Waals surface area contributed by atoms with Gasteiger partial charge >= 0.3 is 5.97 Å². The maximum Gasteiger partial charge on any atom is 0.322 e. The van der Waals surface area contributed by atoms with E-state index < -0.39 is 11.0 Å². The number of rotatable bonds is 7. The molecule has 0 aromatic heterocycles. The predicted molar refractivity (Wildman–Crippen MR) is 82.9 cm³/mol. The molecular weight excluding hydrogens is 340 g/mol. The molecule has 0 aliphatic carbocycles. The van der Waals surface area contributed by atoms with Crippen LogP contribution in [-0.2, 0) is 16.1 Å². The van der Waals surface area contributed by atoms with E-state index in [1.165, 1.54) is 19.2 Å². The number of non-ortho nitro benzene ring substituents is 1. The largest absolute Gasteiger partial charge is 0.468 e. The molecule has 0 spiro atoms. The lowest BCUT2D eigenvalue weighted by Gasteiger charge is -2.18. The molecule has 0 aliphatic heterocycles. The van der Waals surface area contributed by atoms with E-state index in [0.29, 0.717) is 23.4 Å². The number of nitro benzene ring substituents is 1. The third-order valence-electron chi connectivity index (χ3n) is 2.98. The van der Waals surface area contributed by atoms with Crippen molar-refractivity contribution in [2.24, 2.45) is 5.92 Å². The van der Waals surface area contributed by atoms with Gasteiger partial charge in [-0.3, -0.25) is 14.9 Å². The fraction of sp³-hybridized carbons (Fsp3) is 0.500. The van der Waals surface area contributed by atoms with Gasteiger partial charge in [0.2, 0.25) is 0 Å². The van der Waals surface area contributed by atoms with Crippen LogP contribution in [0.15, 0.2) is 22.7 Å². The summed E-state index contributed by atoms with van der Waals surface area (Å²) >= 11 is 3.31. The second kappa shape index (κ2) is 8.09. The number of carbonyl (C=O) groups is 1. The van der Waals surface area contributed by atoms with E-state index in [0.717, 1.165) is 5.56 Å². The fourth-order valence-corrected chi connectivity index (χ4v) is 2.41.